The molecule has 0 fully saturated rings. The van der Waals surface area contributed by atoms with Gasteiger partial charge in [-0.2, -0.15) is 0 Å². The highest BCUT2D eigenvalue weighted by molar-refractivity contribution is 5.38. The highest BCUT2D eigenvalue weighted by Gasteiger charge is 1.63. The minimum Gasteiger partial charge on any atom is -0.437 e. The molecule has 2 heteroatoms. The summed E-state index contributed by atoms with van der Waals surface area (Å²) in [7, 11) is 0. The van der Waals surface area contributed by atoms with Crippen molar-refractivity contribution < 1.29 is 9.53 Å². The summed E-state index contributed by atoms with van der Waals surface area (Å²) in [6, 6.07) is 0. The fourth-order valence-corrected chi connectivity index (χ4v) is 0.266. The fourth-order valence-electron chi connectivity index (χ4n) is 0.266. The highest BCUT2D eigenvalue weighted by atomic mass is 16.5. The van der Waals surface area contributed by atoms with E-state index in [0.717, 1.165) is 0 Å². The number of rotatable bonds is 4. The van der Waals surface area contributed by atoms with Crippen LogP contribution in [0.4, 0.5) is 0 Å². The summed E-state index contributed by atoms with van der Waals surface area (Å²) >= 11 is 0. The highest BCUT2D eigenvalue weighted by Crippen LogP contribution is 1.77. The summed E-state index contributed by atoms with van der Waals surface area (Å²) in [4.78, 5) is 9.52. The predicted octanol–water partition coefficient (Wildman–Crippen LogP) is 1.42. The number of allylic oxidation sites excluding steroid dienone is 4. The first-order valence-electron chi connectivity index (χ1n) is 2.45. The minimum atomic E-state index is 0.359. The SMILES string of the molecule is C=C/C=C/C=C/OC=O. The third kappa shape index (κ3) is 6.69. The van der Waals surface area contributed by atoms with Gasteiger partial charge in [0.05, 0.1) is 6.26 Å². The Bertz CT molecular complexity index is 134. The van der Waals surface area contributed by atoms with Crippen LogP contribution in [0.25, 0.3) is 0 Å². The average Bonchev–Trinajstić information content (AvgIpc) is 1.89. The Morgan fingerprint density at radius 3 is 2.56 bits per heavy atom. The zero-order valence-corrected chi connectivity index (χ0v) is 4.99. The van der Waals surface area contributed by atoms with Gasteiger partial charge >= 0.3 is 0 Å². The molecule has 0 aliphatic rings. The monoisotopic (exact) mass is 124 g/mol. The van der Waals surface area contributed by atoms with E-state index in [1.54, 1.807) is 24.3 Å². The van der Waals surface area contributed by atoms with Crippen molar-refractivity contribution in [3.8, 4) is 0 Å². The van der Waals surface area contributed by atoms with Gasteiger partial charge in [-0.3, -0.25) is 4.79 Å². The summed E-state index contributed by atoms with van der Waals surface area (Å²) in [5, 5.41) is 0. The molecule has 0 saturated carbocycles. The van der Waals surface area contributed by atoms with E-state index >= 15 is 0 Å². The first-order chi connectivity index (χ1) is 4.41. The van der Waals surface area contributed by atoms with Gasteiger partial charge < -0.3 is 4.74 Å². The molecule has 0 amide bonds. The largest absolute Gasteiger partial charge is 0.437 e. The van der Waals surface area contributed by atoms with Crippen LogP contribution in [0, 0.1) is 0 Å². The molecule has 0 aromatic rings. The van der Waals surface area contributed by atoms with Crippen molar-refractivity contribution in [2.45, 2.75) is 0 Å². The lowest BCUT2D eigenvalue weighted by Crippen LogP contribution is -1.69. The van der Waals surface area contributed by atoms with Crippen LogP contribution in [-0.2, 0) is 9.53 Å². The Labute approximate surface area is 54.1 Å². The Balaban J connectivity index is 3.33. The summed E-state index contributed by atoms with van der Waals surface area (Å²) in [6.45, 7) is 3.81. The van der Waals surface area contributed by atoms with E-state index in [1.165, 1.54) is 6.26 Å². The van der Waals surface area contributed by atoms with Gasteiger partial charge in [0.1, 0.15) is 0 Å². The molecule has 0 heterocycles. The lowest BCUT2D eigenvalue weighted by Gasteiger charge is -1.77. The van der Waals surface area contributed by atoms with Gasteiger partial charge in [0.15, 0.2) is 0 Å². The standard InChI is InChI=1S/C7H8O2/c1-2-3-4-5-6-9-7-8/h2-7H,1H2/b4-3+,6-5+. The van der Waals surface area contributed by atoms with Crippen molar-refractivity contribution >= 4 is 6.47 Å². The average molecular weight is 124 g/mol. The van der Waals surface area contributed by atoms with Gasteiger partial charge in [0, 0.05) is 0 Å². The molecular formula is C7H8O2. The molecular weight excluding hydrogens is 116 g/mol. The summed E-state index contributed by atoms with van der Waals surface area (Å²) < 4.78 is 4.23. The molecule has 0 aromatic carbocycles. The number of carbonyl (C=O) groups excluding carboxylic acids is 1. The molecule has 0 unspecified atom stereocenters. The molecule has 0 radical (unpaired) electrons. The fraction of sp³-hybridized carbons (Fsp3) is 0. The molecule has 0 N–H and O–H groups in total. The Kier molecular flexibility index (Phi) is 5.72. The van der Waals surface area contributed by atoms with E-state index in [4.69, 9.17) is 0 Å². The van der Waals surface area contributed by atoms with Crippen molar-refractivity contribution in [1.29, 1.82) is 0 Å². The lowest BCUT2D eigenvalue weighted by atomic mass is 10.5. The van der Waals surface area contributed by atoms with Gasteiger partial charge in [0.2, 0.25) is 0 Å². The molecule has 0 aliphatic carbocycles. The van der Waals surface area contributed by atoms with Crippen molar-refractivity contribution in [2.75, 3.05) is 0 Å². The van der Waals surface area contributed by atoms with Gasteiger partial charge in [-0.15, -0.1) is 0 Å². The molecule has 0 spiro atoms. The van der Waals surface area contributed by atoms with Gasteiger partial charge in [-0.25, -0.2) is 0 Å². The predicted molar refractivity (Wildman–Crippen MR) is 35.6 cm³/mol. The number of ether oxygens (including phenoxy) is 1. The number of hydrogen-bond donors (Lipinski definition) is 0. The van der Waals surface area contributed by atoms with Crippen LogP contribution >= 0.6 is 0 Å². The maximum atomic E-state index is 9.52. The number of carbonyl (C=O) groups is 1. The second kappa shape index (κ2) is 6.69. The third-order valence-electron chi connectivity index (χ3n) is 0.571. The first kappa shape index (κ1) is 7.69. The maximum Gasteiger partial charge on any atom is 0.297 e. The minimum absolute atomic E-state index is 0.359. The quantitative estimate of drug-likeness (QED) is 0.322. The molecule has 9 heavy (non-hydrogen) atoms. The molecule has 2 nitrogen and oxygen atoms in total. The normalized spacial score (nSPS) is 10.2. The zero-order valence-electron chi connectivity index (χ0n) is 4.99. The van der Waals surface area contributed by atoms with Gasteiger partial charge in [0.25, 0.3) is 6.47 Å². The van der Waals surface area contributed by atoms with Crippen LogP contribution in [-0.4, -0.2) is 6.47 Å². The molecule has 0 saturated heterocycles. The topological polar surface area (TPSA) is 26.3 Å². The van der Waals surface area contributed by atoms with E-state index in [9.17, 15) is 4.79 Å². The van der Waals surface area contributed by atoms with Crippen LogP contribution < -0.4 is 0 Å². The van der Waals surface area contributed by atoms with Crippen molar-refractivity contribution in [3.63, 3.8) is 0 Å². The van der Waals surface area contributed by atoms with Crippen LogP contribution in [0.1, 0.15) is 0 Å². The molecule has 48 valence electrons. The molecule has 0 atom stereocenters. The Morgan fingerprint density at radius 1 is 1.22 bits per heavy atom. The van der Waals surface area contributed by atoms with Crippen LogP contribution in [0.15, 0.2) is 37.1 Å². The van der Waals surface area contributed by atoms with Crippen LogP contribution in [0.3, 0.4) is 0 Å². The third-order valence-corrected chi connectivity index (χ3v) is 0.571. The summed E-state index contributed by atoms with van der Waals surface area (Å²) in [5.41, 5.74) is 0. The molecule has 0 aromatic heterocycles. The van der Waals surface area contributed by atoms with Crippen molar-refractivity contribution in [2.24, 2.45) is 0 Å². The Hall–Kier alpha value is -1.31. The molecule has 0 bridgehead atoms. The first-order valence-corrected chi connectivity index (χ1v) is 2.45. The smallest absolute Gasteiger partial charge is 0.297 e. The summed E-state index contributed by atoms with van der Waals surface area (Å²) in [6.07, 6.45) is 7.94. The van der Waals surface area contributed by atoms with Crippen molar-refractivity contribution in [1.82, 2.24) is 0 Å². The zero-order chi connectivity index (χ0) is 6.95. The van der Waals surface area contributed by atoms with E-state index in [2.05, 4.69) is 11.3 Å². The van der Waals surface area contributed by atoms with E-state index in [-0.39, 0.29) is 0 Å². The van der Waals surface area contributed by atoms with Crippen LogP contribution in [0.5, 0.6) is 0 Å². The van der Waals surface area contributed by atoms with E-state index in [0.29, 0.717) is 6.47 Å². The second-order valence-corrected chi connectivity index (χ2v) is 1.18. The van der Waals surface area contributed by atoms with Gasteiger partial charge in [-0.05, 0) is 6.08 Å². The van der Waals surface area contributed by atoms with Crippen molar-refractivity contribution in [3.05, 3.63) is 37.1 Å². The van der Waals surface area contributed by atoms with Crippen LogP contribution in [0.2, 0.25) is 0 Å². The lowest BCUT2D eigenvalue weighted by molar-refractivity contribution is -0.123. The van der Waals surface area contributed by atoms with Gasteiger partial charge in [-0.1, -0.05) is 24.8 Å². The maximum absolute atomic E-state index is 9.52. The molecule has 0 rings (SSSR count). The number of hydrogen-bond acceptors (Lipinski definition) is 2. The van der Waals surface area contributed by atoms with E-state index < -0.39 is 0 Å². The second-order valence-electron chi connectivity index (χ2n) is 1.18. The van der Waals surface area contributed by atoms with E-state index in [1.807, 2.05) is 0 Å². The Morgan fingerprint density at radius 2 is 2.00 bits per heavy atom. The summed E-state index contributed by atoms with van der Waals surface area (Å²) in [5.74, 6) is 0. The molecule has 0 aliphatic heterocycles.